The molecular formula is C22H25N3O2. The third-order valence-electron chi connectivity index (χ3n) is 5.89. The number of rotatable bonds is 4. The van der Waals surface area contributed by atoms with Gasteiger partial charge in [-0.1, -0.05) is 35.5 Å². The number of benzene rings is 2. The van der Waals surface area contributed by atoms with Crippen LogP contribution in [0.3, 0.4) is 0 Å². The van der Waals surface area contributed by atoms with Gasteiger partial charge in [0.2, 0.25) is 0 Å². The highest BCUT2D eigenvalue weighted by Gasteiger charge is 2.34. The van der Waals surface area contributed by atoms with Crippen molar-refractivity contribution in [1.82, 2.24) is 10.1 Å². The Morgan fingerprint density at radius 3 is 2.74 bits per heavy atom. The Kier molecular flexibility index (Phi) is 4.46. The van der Waals surface area contributed by atoms with Crippen LogP contribution in [-0.4, -0.2) is 48.9 Å². The number of fused-ring (bicyclic) bond motifs is 2. The number of piperidine rings is 1. The molecule has 2 atom stereocenters. The van der Waals surface area contributed by atoms with Crippen molar-refractivity contribution in [3.63, 3.8) is 0 Å². The van der Waals surface area contributed by atoms with Crippen LogP contribution in [0.4, 0.5) is 5.82 Å². The van der Waals surface area contributed by atoms with Gasteiger partial charge in [-0.05, 0) is 37.1 Å². The van der Waals surface area contributed by atoms with Crippen LogP contribution >= 0.6 is 0 Å². The van der Waals surface area contributed by atoms with Crippen molar-refractivity contribution in [2.45, 2.75) is 18.9 Å². The van der Waals surface area contributed by atoms with Gasteiger partial charge in [-0.2, -0.15) is 0 Å². The predicted molar refractivity (Wildman–Crippen MR) is 106 cm³/mol. The lowest BCUT2D eigenvalue weighted by atomic mass is 9.91. The molecule has 0 N–H and O–H groups in total. The quantitative estimate of drug-likeness (QED) is 0.705. The van der Waals surface area contributed by atoms with E-state index in [2.05, 4.69) is 27.1 Å². The van der Waals surface area contributed by atoms with Crippen LogP contribution in [0.1, 0.15) is 12.8 Å². The van der Waals surface area contributed by atoms with Gasteiger partial charge in [0, 0.05) is 38.1 Å². The van der Waals surface area contributed by atoms with E-state index < -0.39 is 0 Å². The Morgan fingerprint density at radius 1 is 0.963 bits per heavy atom. The van der Waals surface area contributed by atoms with E-state index >= 15 is 0 Å². The summed E-state index contributed by atoms with van der Waals surface area (Å²) in [6.45, 7) is 5.05. The first-order chi connectivity index (χ1) is 13.4. The summed E-state index contributed by atoms with van der Waals surface area (Å²) < 4.78 is 11.5. The molecule has 2 aliphatic heterocycles. The van der Waals surface area contributed by atoms with Gasteiger partial charge in [-0.25, -0.2) is 0 Å². The lowest BCUT2D eigenvalue weighted by Gasteiger charge is -2.46. The normalized spacial score (nSPS) is 23.3. The highest BCUT2D eigenvalue weighted by atomic mass is 16.5. The van der Waals surface area contributed by atoms with E-state index in [1.807, 2.05) is 42.5 Å². The minimum absolute atomic E-state index is 0.599. The zero-order valence-electron chi connectivity index (χ0n) is 15.5. The maximum absolute atomic E-state index is 5.99. The fraction of sp³-hybridized carbons (Fsp3) is 0.409. The summed E-state index contributed by atoms with van der Waals surface area (Å²) in [6.07, 6.45) is 2.44. The smallest absolute Gasteiger partial charge is 0.180 e. The summed E-state index contributed by atoms with van der Waals surface area (Å²) in [7, 11) is 0. The molecule has 5 rings (SSSR count). The maximum Gasteiger partial charge on any atom is 0.180 e. The molecule has 0 radical (unpaired) electrons. The van der Waals surface area contributed by atoms with Gasteiger partial charge in [-0.15, -0.1) is 0 Å². The first kappa shape index (κ1) is 16.6. The van der Waals surface area contributed by atoms with Gasteiger partial charge in [0.15, 0.2) is 11.4 Å². The molecule has 3 heterocycles. The lowest BCUT2D eigenvalue weighted by molar-refractivity contribution is 0.0727. The minimum atomic E-state index is 0.599. The van der Waals surface area contributed by atoms with Gasteiger partial charge in [0.05, 0.1) is 12.0 Å². The van der Waals surface area contributed by atoms with E-state index in [0.29, 0.717) is 12.0 Å². The number of hydrogen-bond acceptors (Lipinski definition) is 5. The molecular weight excluding hydrogens is 338 g/mol. The summed E-state index contributed by atoms with van der Waals surface area (Å²) in [6, 6.07) is 18.9. The molecule has 0 saturated carbocycles. The van der Waals surface area contributed by atoms with E-state index in [-0.39, 0.29) is 0 Å². The van der Waals surface area contributed by atoms with Crippen molar-refractivity contribution in [2.24, 2.45) is 5.92 Å². The van der Waals surface area contributed by atoms with Crippen LogP contribution < -0.4 is 9.64 Å². The van der Waals surface area contributed by atoms with Crippen LogP contribution in [0.25, 0.3) is 11.0 Å². The molecule has 2 aliphatic rings. The van der Waals surface area contributed by atoms with Crippen LogP contribution in [0.5, 0.6) is 5.75 Å². The average molecular weight is 363 g/mol. The second kappa shape index (κ2) is 7.24. The predicted octanol–water partition coefficient (Wildman–Crippen LogP) is 3.81. The summed E-state index contributed by atoms with van der Waals surface area (Å²) >= 11 is 0. The molecule has 27 heavy (non-hydrogen) atoms. The van der Waals surface area contributed by atoms with Gasteiger partial charge >= 0.3 is 0 Å². The second-order valence-corrected chi connectivity index (χ2v) is 7.66. The summed E-state index contributed by atoms with van der Waals surface area (Å²) in [5, 5.41) is 5.47. The fourth-order valence-electron chi connectivity index (χ4n) is 4.42. The summed E-state index contributed by atoms with van der Waals surface area (Å²) in [4.78, 5) is 5.04. The zero-order valence-corrected chi connectivity index (χ0v) is 15.5. The number of ether oxygens (including phenoxy) is 1. The summed E-state index contributed by atoms with van der Waals surface area (Å²) in [5.41, 5.74) is 0.872. The van der Waals surface area contributed by atoms with Crippen molar-refractivity contribution in [3.05, 3.63) is 54.6 Å². The fourth-order valence-corrected chi connectivity index (χ4v) is 4.42. The molecule has 2 saturated heterocycles. The van der Waals surface area contributed by atoms with Crippen LogP contribution in [-0.2, 0) is 0 Å². The minimum Gasteiger partial charge on any atom is -0.493 e. The number of hydrogen-bond donors (Lipinski definition) is 0. The molecule has 140 valence electrons. The standard InChI is InChI=1S/C22H25N3O2/c1-2-6-19(7-3-1)26-16-17-10-11-18-15-25(13-12-24(18)14-17)22-20-8-4-5-9-21(20)27-23-22/h1-9,17-18H,10-16H2/t17-,18-/m0/s1. The molecule has 3 aromatic rings. The van der Waals surface area contributed by atoms with Gasteiger partial charge in [0.1, 0.15) is 5.75 Å². The molecule has 0 amide bonds. The second-order valence-electron chi connectivity index (χ2n) is 7.66. The van der Waals surface area contributed by atoms with Gasteiger partial charge in [0.25, 0.3) is 0 Å². The molecule has 1 aromatic heterocycles. The average Bonchev–Trinajstić information content (AvgIpc) is 3.17. The van der Waals surface area contributed by atoms with Crippen LogP contribution in [0, 0.1) is 5.92 Å². The molecule has 5 heteroatoms. The molecule has 2 fully saturated rings. The number of para-hydroxylation sites is 2. The maximum atomic E-state index is 5.99. The van der Waals surface area contributed by atoms with Crippen molar-refractivity contribution in [1.29, 1.82) is 0 Å². The highest BCUT2D eigenvalue weighted by molar-refractivity contribution is 5.88. The number of nitrogens with zero attached hydrogens (tertiary/aromatic N) is 3. The van der Waals surface area contributed by atoms with Crippen LogP contribution in [0.15, 0.2) is 59.1 Å². The topological polar surface area (TPSA) is 41.7 Å². The summed E-state index contributed by atoms with van der Waals surface area (Å²) in [5.74, 6) is 2.59. The number of anilines is 1. The molecule has 0 bridgehead atoms. The third-order valence-corrected chi connectivity index (χ3v) is 5.89. The molecule has 0 aliphatic carbocycles. The van der Waals surface area contributed by atoms with Crippen molar-refractivity contribution in [2.75, 3.05) is 37.7 Å². The van der Waals surface area contributed by atoms with Gasteiger partial charge in [-0.3, -0.25) is 4.90 Å². The zero-order chi connectivity index (χ0) is 18.1. The SMILES string of the molecule is c1ccc(OC[C@H]2CC[C@H]3CN(c4noc5ccccc45)CCN3C2)cc1. The Labute approximate surface area is 159 Å². The Balaban J connectivity index is 1.20. The van der Waals surface area contributed by atoms with Crippen molar-refractivity contribution >= 4 is 16.8 Å². The monoisotopic (exact) mass is 363 g/mol. The Bertz CT molecular complexity index is 895. The van der Waals surface area contributed by atoms with Gasteiger partial charge < -0.3 is 14.2 Å². The molecule has 5 nitrogen and oxygen atoms in total. The van der Waals surface area contributed by atoms with Crippen molar-refractivity contribution < 1.29 is 9.26 Å². The van der Waals surface area contributed by atoms with Crippen molar-refractivity contribution in [3.8, 4) is 5.75 Å². The third kappa shape index (κ3) is 3.39. The van der Waals surface area contributed by atoms with E-state index in [4.69, 9.17) is 9.26 Å². The molecule has 0 spiro atoms. The Morgan fingerprint density at radius 2 is 1.81 bits per heavy atom. The van der Waals surface area contributed by atoms with E-state index in [1.165, 1.54) is 12.8 Å². The Hall–Kier alpha value is -2.53. The van der Waals surface area contributed by atoms with Crippen LogP contribution in [0.2, 0.25) is 0 Å². The highest BCUT2D eigenvalue weighted by Crippen LogP contribution is 2.31. The van der Waals surface area contributed by atoms with E-state index in [0.717, 1.165) is 55.3 Å². The first-order valence-corrected chi connectivity index (χ1v) is 9.88. The van der Waals surface area contributed by atoms with E-state index in [1.54, 1.807) is 0 Å². The number of aromatic nitrogens is 1. The largest absolute Gasteiger partial charge is 0.493 e. The number of piperazine rings is 1. The molecule has 2 aromatic carbocycles. The lowest BCUT2D eigenvalue weighted by Crippen LogP contribution is -2.57. The molecule has 0 unspecified atom stereocenters. The van der Waals surface area contributed by atoms with E-state index in [9.17, 15) is 0 Å². The first-order valence-electron chi connectivity index (χ1n) is 9.88.